The summed E-state index contributed by atoms with van der Waals surface area (Å²) < 4.78 is 10.9. The molecule has 6 nitrogen and oxygen atoms in total. The van der Waals surface area contributed by atoms with Crippen molar-refractivity contribution in [3.8, 4) is 11.5 Å². The van der Waals surface area contributed by atoms with E-state index in [1.165, 1.54) is 11.8 Å². The van der Waals surface area contributed by atoms with Crippen LogP contribution in [0.4, 0.5) is 5.69 Å². The van der Waals surface area contributed by atoms with E-state index in [0.29, 0.717) is 16.9 Å². The monoisotopic (exact) mass is 357 g/mol. The molecule has 0 unspecified atom stereocenters. The fourth-order valence-electron chi connectivity index (χ4n) is 2.41. The second-order valence-electron chi connectivity index (χ2n) is 5.76. The summed E-state index contributed by atoms with van der Waals surface area (Å²) in [7, 11) is 1.77. The second-order valence-corrected chi connectivity index (χ2v) is 7.05. The van der Waals surface area contributed by atoms with Crippen LogP contribution in [-0.4, -0.2) is 28.4 Å². The molecule has 1 atom stereocenters. The molecule has 0 saturated heterocycles. The fraction of sp³-hybridized carbons (Fsp3) is 0.278. The first-order chi connectivity index (χ1) is 12.0. The number of carbonyl (C=O) groups excluding carboxylic acids is 1. The highest BCUT2D eigenvalue weighted by Gasteiger charge is 2.23. The number of amides is 1. The van der Waals surface area contributed by atoms with Gasteiger partial charge in [0.25, 0.3) is 11.1 Å². The van der Waals surface area contributed by atoms with Gasteiger partial charge < -0.3 is 13.7 Å². The molecule has 0 aliphatic rings. The summed E-state index contributed by atoms with van der Waals surface area (Å²) >= 11 is 1.24. The van der Waals surface area contributed by atoms with Crippen LogP contribution in [0.1, 0.15) is 18.2 Å². The van der Waals surface area contributed by atoms with Gasteiger partial charge in [-0.3, -0.25) is 4.79 Å². The summed E-state index contributed by atoms with van der Waals surface area (Å²) in [5.41, 5.74) is 2.72. The van der Waals surface area contributed by atoms with E-state index < -0.39 is 0 Å². The van der Waals surface area contributed by atoms with Crippen molar-refractivity contribution >= 4 is 23.4 Å². The average molecular weight is 357 g/mol. The van der Waals surface area contributed by atoms with E-state index in [9.17, 15) is 4.79 Å². The maximum absolute atomic E-state index is 12.6. The molecule has 25 heavy (non-hydrogen) atoms. The Kier molecular flexibility index (Phi) is 4.94. The third-order valence-corrected chi connectivity index (χ3v) is 4.76. The highest BCUT2D eigenvalue weighted by Crippen LogP contribution is 2.29. The summed E-state index contributed by atoms with van der Waals surface area (Å²) in [6.07, 6.45) is 1.57. The molecule has 2 aromatic heterocycles. The highest BCUT2D eigenvalue weighted by atomic mass is 32.2. The van der Waals surface area contributed by atoms with Crippen LogP contribution in [0.3, 0.4) is 0 Å². The van der Waals surface area contributed by atoms with Gasteiger partial charge in [0.05, 0.1) is 17.1 Å². The number of rotatable bonds is 5. The topological polar surface area (TPSA) is 72.4 Å². The number of hydrogen-bond acceptors (Lipinski definition) is 6. The molecule has 3 rings (SSSR count). The van der Waals surface area contributed by atoms with E-state index in [1.54, 1.807) is 24.3 Å². The quantitative estimate of drug-likeness (QED) is 0.641. The number of furan rings is 1. The molecule has 0 bridgehead atoms. The smallest absolute Gasteiger partial charge is 0.277 e. The minimum atomic E-state index is -0.357. The lowest BCUT2D eigenvalue weighted by atomic mass is 10.2. The largest absolute Gasteiger partial charge is 0.469 e. The predicted molar refractivity (Wildman–Crippen MR) is 96.6 cm³/mol. The van der Waals surface area contributed by atoms with Gasteiger partial charge in [-0.25, -0.2) is 0 Å². The average Bonchev–Trinajstić information content (AvgIpc) is 3.22. The Bertz CT molecular complexity index is 887. The maximum atomic E-state index is 12.6. The zero-order chi connectivity index (χ0) is 18.0. The molecule has 0 aliphatic heterocycles. The Hall–Kier alpha value is -2.54. The second kappa shape index (κ2) is 7.14. The molecular formula is C18H19N3O3S. The Morgan fingerprint density at radius 3 is 2.72 bits per heavy atom. The zero-order valence-electron chi connectivity index (χ0n) is 14.5. The number of carbonyl (C=O) groups is 1. The lowest BCUT2D eigenvalue weighted by Gasteiger charge is -2.20. The number of aryl methyl sites for hydroxylation is 2. The summed E-state index contributed by atoms with van der Waals surface area (Å²) in [5.74, 6) is 1.07. The van der Waals surface area contributed by atoms with E-state index >= 15 is 0 Å². The van der Waals surface area contributed by atoms with E-state index in [0.717, 1.165) is 16.8 Å². The normalized spacial score (nSPS) is 12.2. The van der Waals surface area contributed by atoms with Crippen molar-refractivity contribution in [2.75, 3.05) is 11.9 Å². The van der Waals surface area contributed by atoms with Crippen LogP contribution < -0.4 is 4.90 Å². The highest BCUT2D eigenvalue weighted by molar-refractivity contribution is 8.00. The van der Waals surface area contributed by atoms with E-state index in [2.05, 4.69) is 10.2 Å². The molecular weight excluding hydrogens is 338 g/mol. The molecule has 3 aromatic rings. The van der Waals surface area contributed by atoms with Crippen molar-refractivity contribution in [3.05, 3.63) is 47.9 Å². The molecule has 0 aliphatic carbocycles. The molecule has 0 saturated carbocycles. The van der Waals surface area contributed by atoms with E-state index in [-0.39, 0.29) is 11.2 Å². The van der Waals surface area contributed by atoms with Crippen LogP contribution in [0.5, 0.6) is 0 Å². The first-order valence-corrected chi connectivity index (χ1v) is 8.72. The first kappa shape index (κ1) is 17.3. The van der Waals surface area contributed by atoms with Gasteiger partial charge >= 0.3 is 0 Å². The summed E-state index contributed by atoms with van der Waals surface area (Å²) in [4.78, 5) is 14.3. The third-order valence-electron chi connectivity index (χ3n) is 3.84. The van der Waals surface area contributed by atoms with Crippen molar-refractivity contribution in [2.24, 2.45) is 0 Å². The summed E-state index contributed by atoms with van der Waals surface area (Å²) in [5, 5.41) is 8.04. The van der Waals surface area contributed by atoms with Crippen molar-refractivity contribution in [1.29, 1.82) is 0 Å². The Morgan fingerprint density at radius 2 is 2.04 bits per heavy atom. The van der Waals surface area contributed by atoms with Crippen LogP contribution in [0.15, 0.2) is 50.7 Å². The lowest BCUT2D eigenvalue weighted by Crippen LogP contribution is -2.33. The molecule has 1 amide bonds. The first-order valence-electron chi connectivity index (χ1n) is 7.84. The molecule has 1 aromatic carbocycles. The van der Waals surface area contributed by atoms with Crippen molar-refractivity contribution in [1.82, 2.24) is 10.2 Å². The standard InChI is InChI=1S/C18H19N3O3S/c1-11-6-5-7-14(10-11)21(4)17(22)13(3)25-18-20-19-16(24-18)15-8-9-23-12(15)2/h5-10,13H,1-4H3/t13-/m1/s1. The Balaban J connectivity index is 1.69. The number of anilines is 1. The van der Waals surface area contributed by atoms with Gasteiger partial charge in [-0.1, -0.05) is 23.9 Å². The van der Waals surface area contributed by atoms with Crippen LogP contribution in [0.2, 0.25) is 0 Å². The van der Waals surface area contributed by atoms with Crippen molar-refractivity contribution in [2.45, 2.75) is 31.2 Å². The Labute approximate surface area is 150 Å². The molecule has 0 fully saturated rings. The van der Waals surface area contributed by atoms with Gasteiger partial charge in [-0.2, -0.15) is 0 Å². The molecule has 7 heteroatoms. The SMILES string of the molecule is Cc1cccc(N(C)C(=O)[C@@H](C)Sc2nnc(-c3ccoc3C)o2)c1. The van der Waals surface area contributed by atoms with E-state index in [4.69, 9.17) is 8.83 Å². The number of benzene rings is 1. The van der Waals surface area contributed by atoms with Crippen LogP contribution in [0.25, 0.3) is 11.5 Å². The minimum Gasteiger partial charge on any atom is -0.469 e. The van der Waals surface area contributed by atoms with Gasteiger partial charge in [0.1, 0.15) is 5.76 Å². The third kappa shape index (κ3) is 3.76. The van der Waals surface area contributed by atoms with Gasteiger partial charge in [0, 0.05) is 12.7 Å². The lowest BCUT2D eigenvalue weighted by molar-refractivity contribution is -0.117. The number of thioether (sulfide) groups is 1. The molecule has 0 N–H and O–H groups in total. The fourth-order valence-corrected chi connectivity index (χ4v) is 3.19. The van der Waals surface area contributed by atoms with Gasteiger partial charge in [0.2, 0.25) is 5.91 Å². The summed E-state index contributed by atoms with van der Waals surface area (Å²) in [6.45, 7) is 5.65. The summed E-state index contributed by atoms with van der Waals surface area (Å²) in [6, 6.07) is 9.59. The van der Waals surface area contributed by atoms with Gasteiger partial charge in [-0.05, 0) is 44.5 Å². The van der Waals surface area contributed by atoms with Crippen LogP contribution >= 0.6 is 11.8 Å². The molecule has 2 heterocycles. The van der Waals surface area contributed by atoms with Crippen molar-refractivity contribution < 1.29 is 13.6 Å². The number of nitrogens with zero attached hydrogens (tertiary/aromatic N) is 3. The molecule has 0 spiro atoms. The van der Waals surface area contributed by atoms with Crippen LogP contribution in [-0.2, 0) is 4.79 Å². The predicted octanol–water partition coefficient (Wildman–Crippen LogP) is 4.09. The van der Waals surface area contributed by atoms with Gasteiger partial charge in [-0.15, -0.1) is 10.2 Å². The minimum absolute atomic E-state index is 0.0326. The maximum Gasteiger partial charge on any atom is 0.277 e. The van der Waals surface area contributed by atoms with Crippen molar-refractivity contribution in [3.63, 3.8) is 0 Å². The molecule has 0 radical (unpaired) electrons. The van der Waals surface area contributed by atoms with E-state index in [1.807, 2.05) is 45.0 Å². The molecule has 130 valence electrons. The number of aromatic nitrogens is 2. The Morgan fingerprint density at radius 1 is 1.24 bits per heavy atom. The zero-order valence-corrected chi connectivity index (χ0v) is 15.3. The number of hydrogen-bond donors (Lipinski definition) is 0. The van der Waals surface area contributed by atoms with Crippen LogP contribution in [0, 0.1) is 13.8 Å². The van der Waals surface area contributed by atoms with Gasteiger partial charge in [0.15, 0.2) is 0 Å².